The maximum Gasteiger partial charge on any atom is 0.252 e. The van der Waals surface area contributed by atoms with E-state index in [1.165, 1.54) is 11.8 Å². The van der Waals surface area contributed by atoms with Crippen molar-refractivity contribution >= 4 is 91.2 Å². The van der Waals surface area contributed by atoms with E-state index in [2.05, 4.69) is 32.9 Å². The van der Waals surface area contributed by atoms with E-state index in [4.69, 9.17) is 34.8 Å². The molecular formula is C12H10Cl3IN2OS2. The average Bonchev–Trinajstić information content (AvgIpc) is 2.90. The van der Waals surface area contributed by atoms with Gasteiger partial charge in [0, 0.05) is 14.9 Å². The minimum absolute atomic E-state index is 0.279. The number of halogens is 4. The van der Waals surface area contributed by atoms with Gasteiger partial charge in [0.2, 0.25) is 3.79 Å². The van der Waals surface area contributed by atoms with E-state index < -0.39 is 9.17 Å². The number of benzene rings is 1. The number of nitrogens with zero attached hydrogens (tertiary/aromatic N) is 1. The fraction of sp³-hybridized carbons (Fsp3) is 0.333. The number of carbonyl (C=O) groups is 1. The lowest BCUT2D eigenvalue weighted by atomic mass is 10.2. The number of hydrogen-bond donors (Lipinski definition) is 1. The van der Waals surface area contributed by atoms with Crippen molar-refractivity contribution in [3.05, 3.63) is 33.4 Å². The fourth-order valence-corrected chi connectivity index (χ4v) is 4.41. The van der Waals surface area contributed by atoms with Gasteiger partial charge in [0.05, 0.1) is 6.54 Å². The molecule has 1 aliphatic rings. The number of alkyl halides is 3. The highest BCUT2D eigenvalue weighted by molar-refractivity contribution is 14.1. The lowest BCUT2D eigenvalue weighted by Gasteiger charge is -2.24. The minimum Gasteiger partial charge on any atom is -0.336 e. The molecule has 1 aromatic carbocycles. The molecule has 0 unspecified atom stereocenters. The van der Waals surface area contributed by atoms with E-state index in [0.717, 1.165) is 20.2 Å². The van der Waals surface area contributed by atoms with Crippen LogP contribution in [0.25, 0.3) is 0 Å². The van der Waals surface area contributed by atoms with Crippen LogP contribution in [0, 0.1) is 3.57 Å². The third kappa shape index (κ3) is 5.66. The molecule has 0 saturated carbocycles. The molecule has 0 radical (unpaired) electrons. The van der Waals surface area contributed by atoms with Crippen LogP contribution < -0.4 is 5.32 Å². The molecule has 3 nitrogen and oxygen atoms in total. The number of rotatable bonds is 3. The van der Waals surface area contributed by atoms with Gasteiger partial charge in [0.25, 0.3) is 5.91 Å². The number of thioether (sulfide) groups is 2. The van der Waals surface area contributed by atoms with Crippen LogP contribution in [-0.4, -0.2) is 31.7 Å². The highest BCUT2D eigenvalue weighted by Gasteiger charge is 2.36. The zero-order valence-electron chi connectivity index (χ0n) is 10.5. The topological polar surface area (TPSA) is 41.5 Å². The molecule has 1 aromatic rings. The Morgan fingerprint density at radius 1 is 1.38 bits per heavy atom. The molecule has 1 atom stereocenters. The largest absolute Gasteiger partial charge is 0.336 e. The molecule has 9 heteroatoms. The van der Waals surface area contributed by atoms with Crippen LogP contribution in [0.15, 0.2) is 29.3 Å². The van der Waals surface area contributed by atoms with Gasteiger partial charge in [-0.3, -0.25) is 9.79 Å². The van der Waals surface area contributed by atoms with Crippen LogP contribution in [0.1, 0.15) is 10.4 Å². The highest BCUT2D eigenvalue weighted by Crippen LogP contribution is 2.39. The van der Waals surface area contributed by atoms with Crippen molar-refractivity contribution in [1.29, 1.82) is 0 Å². The van der Waals surface area contributed by atoms with Crippen LogP contribution in [-0.2, 0) is 0 Å². The summed E-state index contributed by atoms with van der Waals surface area (Å²) in [6, 6.07) is 7.17. The molecule has 21 heavy (non-hydrogen) atoms. The van der Waals surface area contributed by atoms with Crippen molar-refractivity contribution < 1.29 is 4.79 Å². The van der Waals surface area contributed by atoms with Gasteiger partial charge in [-0.25, -0.2) is 0 Å². The van der Waals surface area contributed by atoms with Gasteiger partial charge < -0.3 is 5.32 Å². The third-order valence-corrected chi connectivity index (χ3v) is 6.65. The van der Waals surface area contributed by atoms with E-state index in [-0.39, 0.29) is 5.91 Å². The second-order valence-electron chi connectivity index (χ2n) is 4.02. The zero-order valence-corrected chi connectivity index (χ0v) is 16.5. The van der Waals surface area contributed by atoms with Crippen molar-refractivity contribution in [2.24, 2.45) is 4.99 Å². The van der Waals surface area contributed by atoms with Crippen molar-refractivity contribution in [1.82, 2.24) is 5.32 Å². The molecule has 1 amide bonds. The van der Waals surface area contributed by atoms with Gasteiger partial charge in [-0.15, -0.1) is 0 Å². The molecule has 0 bridgehead atoms. The van der Waals surface area contributed by atoms with Gasteiger partial charge in [0.1, 0.15) is 9.75 Å². The van der Waals surface area contributed by atoms with Crippen molar-refractivity contribution in [2.75, 3.05) is 12.3 Å². The van der Waals surface area contributed by atoms with E-state index in [1.807, 2.05) is 12.1 Å². The predicted octanol–water partition coefficient (Wildman–Crippen LogP) is 4.55. The molecular weight excluding hydrogens is 486 g/mol. The lowest BCUT2D eigenvalue weighted by Crippen LogP contribution is -2.41. The van der Waals surface area contributed by atoms with Crippen LogP contribution in [0.2, 0.25) is 0 Å². The van der Waals surface area contributed by atoms with E-state index in [0.29, 0.717) is 5.56 Å². The summed E-state index contributed by atoms with van der Waals surface area (Å²) in [5, 5.41) is 2.06. The molecule has 0 saturated heterocycles. The zero-order chi connectivity index (χ0) is 15.5. The van der Waals surface area contributed by atoms with Crippen LogP contribution in [0.3, 0.4) is 0 Å². The molecule has 0 spiro atoms. The summed E-state index contributed by atoms with van der Waals surface area (Å²) < 4.78 is 0.261. The highest BCUT2D eigenvalue weighted by atomic mass is 127. The molecule has 1 heterocycles. The van der Waals surface area contributed by atoms with E-state index >= 15 is 0 Å². The van der Waals surface area contributed by atoms with E-state index in [9.17, 15) is 4.79 Å². The monoisotopic (exact) mass is 494 g/mol. The quantitative estimate of drug-likeness (QED) is 0.380. The van der Waals surface area contributed by atoms with Gasteiger partial charge in [-0.05, 0) is 46.9 Å². The maximum absolute atomic E-state index is 12.2. The van der Waals surface area contributed by atoms with Crippen LogP contribution in [0.5, 0.6) is 0 Å². The molecule has 1 N–H and O–H groups in total. The van der Waals surface area contributed by atoms with Crippen LogP contribution >= 0.6 is 80.9 Å². The Morgan fingerprint density at radius 2 is 2.05 bits per heavy atom. The summed E-state index contributed by atoms with van der Waals surface area (Å²) in [4.78, 5) is 16.5. The first-order valence-electron chi connectivity index (χ1n) is 5.83. The summed E-state index contributed by atoms with van der Waals surface area (Å²) >= 11 is 22.9. The number of aliphatic imine (C=N–C) groups is 1. The second-order valence-corrected chi connectivity index (χ2v) is 10.1. The summed E-state index contributed by atoms with van der Waals surface area (Å²) in [5.41, 5.74) is 0.524. The Morgan fingerprint density at radius 3 is 2.57 bits per heavy atom. The summed E-state index contributed by atoms with van der Waals surface area (Å²) in [6.07, 6.45) is 0. The Balaban J connectivity index is 2.07. The SMILES string of the molecule is O=C(N[C@@H](SC1=NCCS1)C(Cl)(Cl)Cl)c1ccc(I)cc1. The molecule has 0 fully saturated rings. The van der Waals surface area contributed by atoms with Crippen molar-refractivity contribution in [3.8, 4) is 0 Å². The molecule has 0 aliphatic carbocycles. The normalized spacial score (nSPS) is 16.5. The first-order chi connectivity index (χ1) is 9.86. The Hall–Kier alpha value is 0.660. The molecule has 2 rings (SSSR count). The lowest BCUT2D eigenvalue weighted by molar-refractivity contribution is 0.0950. The number of hydrogen-bond acceptors (Lipinski definition) is 4. The first kappa shape index (κ1) is 18.0. The summed E-state index contributed by atoms with van der Waals surface area (Å²) in [7, 11) is 0. The first-order valence-corrected chi connectivity index (χ1v) is 9.91. The molecule has 1 aliphatic heterocycles. The second kappa shape index (κ2) is 7.97. The molecule has 0 aromatic heterocycles. The maximum atomic E-state index is 12.2. The smallest absolute Gasteiger partial charge is 0.252 e. The standard InChI is InChI=1S/C12H10Cl3IN2OS2/c13-12(14,15)10(21-11-17-5-6-20-11)18-9(19)7-1-3-8(16)4-2-7/h1-4,10H,5-6H2,(H,18,19)/t10-/m0/s1. The molecule has 114 valence electrons. The van der Waals surface area contributed by atoms with Crippen LogP contribution in [0.4, 0.5) is 0 Å². The van der Waals surface area contributed by atoms with Gasteiger partial charge >= 0.3 is 0 Å². The number of amides is 1. The van der Waals surface area contributed by atoms with Crippen molar-refractivity contribution in [2.45, 2.75) is 9.17 Å². The number of nitrogens with one attached hydrogen (secondary N) is 1. The van der Waals surface area contributed by atoms with Gasteiger partial charge in [0.15, 0.2) is 0 Å². The summed E-state index contributed by atoms with van der Waals surface area (Å²) in [6.45, 7) is 0.755. The number of carbonyl (C=O) groups excluding carboxylic acids is 1. The Bertz CT molecular complexity index is 548. The fourth-order valence-electron chi connectivity index (χ4n) is 1.47. The van der Waals surface area contributed by atoms with Crippen molar-refractivity contribution in [3.63, 3.8) is 0 Å². The summed E-state index contributed by atoms with van der Waals surface area (Å²) in [5.74, 6) is 0.638. The average molecular weight is 496 g/mol. The Labute approximate surface area is 160 Å². The Kier molecular flexibility index (Phi) is 6.83. The van der Waals surface area contributed by atoms with E-state index in [1.54, 1.807) is 23.9 Å². The van der Waals surface area contributed by atoms with Gasteiger partial charge in [-0.1, -0.05) is 58.3 Å². The predicted molar refractivity (Wildman–Crippen MR) is 103 cm³/mol. The third-order valence-electron chi connectivity index (χ3n) is 2.44. The van der Waals surface area contributed by atoms with Gasteiger partial charge in [-0.2, -0.15) is 0 Å². The minimum atomic E-state index is -1.62.